The second kappa shape index (κ2) is 8.44. The van der Waals surface area contributed by atoms with Crippen molar-refractivity contribution in [1.29, 1.82) is 0 Å². The van der Waals surface area contributed by atoms with E-state index in [1.807, 2.05) is 6.21 Å². The zero-order chi connectivity index (χ0) is 20.3. The van der Waals surface area contributed by atoms with Gasteiger partial charge in [-0.2, -0.15) is 0 Å². The first kappa shape index (κ1) is 19.9. The Kier molecular flexibility index (Phi) is 6.00. The molecule has 144 valence electrons. The summed E-state index contributed by atoms with van der Waals surface area (Å²) in [5.74, 6) is -0.460. The van der Waals surface area contributed by atoms with Crippen LogP contribution in [0.1, 0.15) is 39.8 Å². The summed E-state index contributed by atoms with van der Waals surface area (Å²) >= 11 is 6.17. The van der Waals surface area contributed by atoms with Crippen molar-refractivity contribution >= 4 is 29.5 Å². The zero-order valence-corrected chi connectivity index (χ0v) is 17.2. The highest BCUT2D eigenvalue weighted by molar-refractivity contribution is 6.33. The summed E-state index contributed by atoms with van der Waals surface area (Å²) in [5, 5.41) is 0.322. The van der Waals surface area contributed by atoms with Gasteiger partial charge in [0.1, 0.15) is 0 Å². The number of carbonyl (C=O) groups is 1. The number of aliphatic imine (C=N–C) groups is 1. The summed E-state index contributed by atoms with van der Waals surface area (Å²) in [4.78, 5) is 16.2. The molecule has 0 amide bonds. The van der Waals surface area contributed by atoms with Crippen LogP contribution in [0.2, 0.25) is 5.02 Å². The molecule has 28 heavy (non-hydrogen) atoms. The molecule has 0 unspecified atom stereocenters. The number of aromatic nitrogens is 1. The number of aryl methyl sites for hydroxylation is 2. The van der Waals surface area contributed by atoms with E-state index in [1.165, 1.54) is 12.7 Å². The minimum absolute atomic E-state index is 0.322. The van der Waals surface area contributed by atoms with Crippen LogP contribution in [0.15, 0.2) is 53.5 Å². The summed E-state index contributed by atoms with van der Waals surface area (Å²) in [6.45, 7) is 6.31. The lowest BCUT2D eigenvalue weighted by molar-refractivity contribution is 0.0601. The second-order valence-corrected chi connectivity index (χ2v) is 7.00. The topological polar surface area (TPSA) is 43.6 Å². The summed E-state index contributed by atoms with van der Waals surface area (Å²) in [7, 11) is 1.33. The van der Waals surface area contributed by atoms with Crippen molar-refractivity contribution in [3.05, 3.63) is 81.6 Å². The van der Waals surface area contributed by atoms with E-state index in [9.17, 15) is 4.79 Å². The minimum atomic E-state index is -0.460. The number of hydrogen-bond donors (Lipinski definition) is 0. The number of esters is 1. The number of carbonyl (C=O) groups excluding carboxylic acids is 1. The Bertz CT molecular complexity index is 1030. The van der Waals surface area contributed by atoms with Gasteiger partial charge in [0.15, 0.2) is 0 Å². The van der Waals surface area contributed by atoms with Gasteiger partial charge in [-0.25, -0.2) is 4.79 Å². The third kappa shape index (κ3) is 4.02. The monoisotopic (exact) mass is 394 g/mol. The van der Waals surface area contributed by atoms with E-state index >= 15 is 0 Å². The Morgan fingerprint density at radius 2 is 1.86 bits per heavy atom. The van der Waals surface area contributed by atoms with Gasteiger partial charge in [0.2, 0.25) is 0 Å². The maximum absolute atomic E-state index is 11.6. The van der Waals surface area contributed by atoms with Crippen molar-refractivity contribution in [2.24, 2.45) is 4.99 Å². The Morgan fingerprint density at radius 3 is 2.46 bits per heavy atom. The highest BCUT2D eigenvalue weighted by Gasteiger charge is 2.11. The summed E-state index contributed by atoms with van der Waals surface area (Å²) in [5.41, 5.74) is 6.75. The van der Waals surface area contributed by atoms with Gasteiger partial charge in [-0.05, 0) is 62.2 Å². The van der Waals surface area contributed by atoms with Gasteiger partial charge in [0, 0.05) is 28.9 Å². The number of benzene rings is 2. The van der Waals surface area contributed by atoms with Crippen LogP contribution in [0.5, 0.6) is 0 Å². The van der Waals surface area contributed by atoms with Crippen LogP contribution in [0.4, 0.5) is 5.69 Å². The molecule has 0 aliphatic rings. The van der Waals surface area contributed by atoms with Crippen LogP contribution in [0, 0.1) is 13.8 Å². The molecule has 3 aromatic rings. The summed E-state index contributed by atoms with van der Waals surface area (Å²) < 4.78 is 6.93. The third-order valence-electron chi connectivity index (χ3n) is 4.78. The van der Waals surface area contributed by atoms with Crippen molar-refractivity contribution in [1.82, 2.24) is 4.57 Å². The van der Waals surface area contributed by atoms with Crippen LogP contribution in [0.3, 0.4) is 0 Å². The first-order valence-electron chi connectivity index (χ1n) is 9.14. The molecule has 3 rings (SSSR count). The number of nitrogens with zero attached hydrogens (tertiary/aromatic N) is 2. The molecule has 0 N–H and O–H groups in total. The second-order valence-electron chi connectivity index (χ2n) is 6.60. The van der Waals surface area contributed by atoms with E-state index < -0.39 is 5.97 Å². The molecular weight excluding hydrogens is 372 g/mol. The predicted octanol–water partition coefficient (Wildman–Crippen LogP) is 5.85. The normalized spacial score (nSPS) is 11.2. The van der Waals surface area contributed by atoms with Crippen LogP contribution in [0.25, 0.3) is 5.69 Å². The number of methoxy groups -OCH3 is 1. The summed E-state index contributed by atoms with van der Waals surface area (Å²) in [6.07, 6.45) is 2.85. The molecule has 0 saturated heterocycles. The van der Waals surface area contributed by atoms with Gasteiger partial charge in [0.25, 0.3) is 0 Å². The molecule has 1 heterocycles. The van der Waals surface area contributed by atoms with E-state index in [0.717, 1.165) is 29.1 Å². The van der Waals surface area contributed by atoms with Crippen LogP contribution < -0.4 is 0 Å². The number of ether oxygens (including phenoxy) is 1. The minimum Gasteiger partial charge on any atom is -0.465 e. The Morgan fingerprint density at radius 1 is 1.14 bits per heavy atom. The maximum Gasteiger partial charge on any atom is 0.339 e. The molecule has 1 aromatic heterocycles. The first-order valence-corrected chi connectivity index (χ1v) is 9.52. The molecule has 0 bridgehead atoms. The van der Waals surface area contributed by atoms with Gasteiger partial charge < -0.3 is 9.30 Å². The Balaban J connectivity index is 1.89. The van der Waals surface area contributed by atoms with Crippen LogP contribution in [-0.4, -0.2) is 23.9 Å². The van der Waals surface area contributed by atoms with E-state index in [1.54, 1.807) is 18.2 Å². The predicted molar refractivity (Wildman–Crippen MR) is 115 cm³/mol. The average Bonchev–Trinajstić information content (AvgIpc) is 2.99. The lowest BCUT2D eigenvalue weighted by atomic mass is 10.1. The standard InChI is InChI=1S/C23H23ClN2O2/c1-5-17-6-9-20(10-7-17)26-15(2)12-18(16(26)3)14-25-19-8-11-21(22(24)13-19)23(27)28-4/h6-14H,5H2,1-4H3. The van der Waals surface area contributed by atoms with Gasteiger partial charge in [-0.15, -0.1) is 0 Å². The lowest BCUT2D eigenvalue weighted by Gasteiger charge is -2.10. The molecule has 0 spiro atoms. The van der Waals surface area contributed by atoms with Gasteiger partial charge in [0.05, 0.1) is 23.4 Å². The Labute approximate surface area is 170 Å². The number of rotatable bonds is 5. The van der Waals surface area contributed by atoms with E-state index in [4.69, 9.17) is 16.3 Å². The largest absolute Gasteiger partial charge is 0.465 e. The maximum atomic E-state index is 11.6. The molecule has 0 fully saturated rings. The van der Waals surface area contributed by atoms with E-state index in [2.05, 4.69) is 60.7 Å². The fourth-order valence-electron chi connectivity index (χ4n) is 3.20. The van der Waals surface area contributed by atoms with Crippen molar-refractivity contribution in [3.8, 4) is 5.69 Å². The zero-order valence-electron chi connectivity index (χ0n) is 16.5. The smallest absolute Gasteiger partial charge is 0.339 e. The highest BCUT2D eigenvalue weighted by Crippen LogP contribution is 2.25. The SMILES string of the molecule is CCc1ccc(-n2c(C)cc(C=Nc3ccc(C(=O)OC)c(Cl)c3)c2C)cc1. The van der Waals surface area contributed by atoms with Crippen LogP contribution >= 0.6 is 11.6 Å². The van der Waals surface area contributed by atoms with Crippen molar-refractivity contribution in [2.75, 3.05) is 7.11 Å². The lowest BCUT2D eigenvalue weighted by Crippen LogP contribution is -2.01. The summed E-state index contributed by atoms with van der Waals surface area (Å²) in [6, 6.07) is 15.7. The number of hydrogen-bond acceptors (Lipinski definition) is 3. The Hall–Kier alpha value is -2.85. The van der Waals surface area contributed by atoms with E-state index in [-0.39, 0.29) is 0 Å². The molecule has 0 aliphatic carbocycles. The van der Waals surface area contributed by atoms with E-state index in [0.29, 0.717) is 16.3 Å². The quantitative estimate of drug-likeness (QED) is 0.402. The molecule has 2 aromatic carbocycles. The van der Waals surface area contributed by atoms with Crippen LogP contribution in [-0.2, 0) is 11.2 Å². The van der Waals surface area contributed by atoms with Gasteiger partial charge in [-0.3, -0.25) is 4.99 Å². The number of halogens is 1. The molecular formula is C23H23ClN2O2. The molecule has 0 radical (unpaired) electrons. The first-order chi connectivity index (χ1) is 13.4. The van der Waals surface area contributed by atoms with Gasteiger partial charge >= 0.3 is 5.97 Å². The van der Waals surface area contributed by atoms with Crippen molar-refractivity contribution in [3.63, 3.8) is 0 Å². The molecule has 0 saturated carbocycles. The third-order valence-corrected chi connectivity index (χ3v) is 5.10. The molecule has 5 heteroatoms. The fourth-order valence-corrected chi connectivity index (χ4v) is 3.45. The fraction of sp³-hybridized carbons (Fsp3) is 0.217. The highest BCUT2D eigenvalue weighted by atomic mass is 35.5. The average molecular weight is 395 g/mol. The van der Waals surface area contributed by atoms with Crippen molar-refractivity contribution in [2.45, 2.75) is 27.2 Å². The van der Waals surface area contributed by atoms with Crippen molar-refractivity contribution < 1.29 is 9.53 Å². The molecule has 0 aliphatic heterocycles. The van der Waals surface area contributed by atoms with Gasteiger partial charge in [-0.1, -0.05) is 30.7 Å². The molecule has 4 nitrogen and oxygen atoms in total. The molecule has 0 atom stereocenters.